The maximum absolute atomic E-state index is 12.4. The molecule has 0 aliphatic carbocycles. The van der Waals surface area contributed by atoms with Crippen LogP contribution < -0.4 is 0 Å². The fourth-order valence-electron chi connectivity index (χ4n) is 2.60. The zero-order valence-electron chi connectivity index (χ0n) is 12.5. The SMILES string of the molecule is CC(C(=O)O)C1CN(C(=O)N2CCSC(C)(C)CC2)C1. The number of amides is 2. The number of carboxylic acid groups (broad SMARTS) is 1. The van der Waals surface area contributed by atoms with E-state index in [2.05, 4.69) is 13.8 Å². The Bertz CT molecular complexity index is 394. The predicted molar refractivity (Wildman–Crippen MR) is 80.0 cm³/mol. The molecule has 2 fully saturated rings. The van der Waals surface area contributed by atoms with Crippen LogP contribution in [0.3, 0.4) is 0 Å². The summed E-state index contributed by atoms with van der Waals surface area (Å²) >= 11 is 1.92. The second kappa shape index (κ2) is 5.84. The van der Waals surface area contributed by atoms with Gasteiger partial charge in [0, 0.05) is 42.6 Å². The Morgan fingerprint density at radius 2 is 1.90 bits per heavy atom. The first-order chi connectivity index (χ1) is 9.30. The number of hydrogen-bond donors (Lipinski definition) is 1. The molecule has 1 unspecified atom stereocenters. The van der Waals surface area contributed by atoms with Gasteiger partial charge in [0.2, 0.25) is 0 Å². The van der Waals surface area contributed by atoms with Crippen LogP contribution in [0.1, 0.15) is 27.2 Å². The molecule has 1 N–H and O–H groups in total. The highest BCUT2D eigenvalue weighted by Gasteiger charge is 2.39. The van der Waals surface area contributed by atoms with E-state index >= 15 is 0 Å². The summed E-state index contributed by atoms with van der Waals surface area (Å²) in [5.41, 5.74) is 0. The largest absolute Gasteiger partial charge is 0.481 e. The van der Waals surface area contributed by atoms with E-state index in [0.717, 1.165) is 25.3 Å². The van der Waals surface area contributed by atoms with E-state index in [9.17, 15) is 9.59 Å². The Hall–Kier alpha value is -0.910. The maximum atomic E-state index is 12.4. The molecule has 6 heteroatoms. The smallest absolute Gasteiger partial charge is 0.320 e. The quantitative estimate of drug-likeness (QED) is 0.847. The van der Waals surface area contributed by atoms with Crippen LogP contribution in [0.4, 0.5) is 4.79 Å². The Balaban J connectivity index is 1.83. The molecular weight excluding hydrogens is 276 g/mol. The topological polar surface area (TPSA) is 60.9 Å². The lowest BCUT2D eigenvalue weighted by Gasteiger charge is -2.43. The summed E-state index contributed by atoms with van der Waals surface area (Å²) in [6.45, 7) is 8.93. The number of nitrogens with zero attached hydrogens (tertiary/aromatic N) is 2. The van der Waals surface area contributed by atoms with Crippen molar-refractivity contribution in [3.8, 4) is 0 Å². The normalized spacial score (nSPS) is 24.8. The molecule has 114 valence electrons. The van der Waals surface area contributed by atoms with Crippen LogP contribution >= 0.6 is 11.8 Å². The van der Waals surface area contributed by atoms with E-state index in [1.807, 2.05) is 16.7 Å². The lowest BCUT2D eigenvalue weighted by Crippen LogP contribution is -2.57. The molecule has 2 aliphatic rings. The summed E-state index contributed by atoms with van der Waals surface area (Å²) in [5, 5.41) is 8.97. The van der Waals surface area contributed by atoms with E-state index in [-0.39, 0.29) is 22.6 Å². The fourth-order valence-corrected chi connectivity index (χ4v) is 3.70. The molecule has 5 nitrogen and oxygen atoms in total. The molecule has 2 amide bonds. The van der Waals surface area contributed by atoms with Gasteiger partial charge in [0.15, 0.2) is 0 Å². The van der Waals surface area contributed by atoms with Gasteiger partial charge < -0.3 is 14.9 Å². The van der Waals surface area contributed by atoms with Gasteiger partial charge in [-0.05, 0) is 6.42 Å². The van der Waals surface area contributed by atoms with Crippen molar-refractivity contribution in [2.75, 3.05) is 31.9 Å². The molecule has 0 radical (unpaired) electrons. The summed E-state index contributed by atoms with van der Waals surface area (Å²) in [6, 6.07) is 0.0807. The van der Waals surface area contributed by atoms with Crippen molar-refractivity contribution in [1.82, 2.24) is 9.80 Å². The van der Waals surface area contributed by atoms with Crippen molar-refractivity contribution in [2.24, 2.45) is 11.8 Å². The van der Waals surface area contributed by atoms with Gasteiger partial charge in [-0.25, -0.2) is 4.79 Å². The van der Waals surface area contributed by atoms with E-state index in [0.29, 0.717) is 13.1 Å². The van der Waals surface area contributed by atoms with Crippen molar-refractivity contribution < 1.29 is 14.7 Å². The fraction of sp³-hybridized carbons (Fsp3) is 0.857. The van der Waals surface area contributed by atoms with E-state index < -0.39 is 5.97 Å². The first kappa shape index (κ1) is 15.5. The molecule has 20 heavy (non-hydrogen) atoms. The lowest BCUT2D eigenvalue weighted by atomic mass is 9.87. The van der Waals surface area contributed by atoms with Crippen LogP contribution in [0, 0.1) is 11.8 Å². The molecule has 2 aliphatic heterocycles. The van der Waals surface area contributed by atoms with Gasteiger partial charge in [-0.1, -0.05) is 20.8 Å². The van der Waals surface area contributed by atoms with Gasteiger partial charge in [0.1, 0.15) is 0 Å². The zero-order chi connectivity index (χ0) is 14.9. The number of likely N-dealkylation sites (tertiary alicyclic amines) is 1. The molecule has 0 saturated carbocycles. The minimum atomic E-state index is -0.768. The maximum Gasteiger partial charge on any atom is 0.320 e. The summed E-state index contributed by atoms with van der Waals surface area (Å²) in [7, 11) is 0. The number of carboxylic acids is 1. The molecule has 0 bridgehead atoms. The number of hydrogen-bond acceptors (Lipinski definition) is 3. The second-order valence-corrected chi connectivity index (χ2v) is 8.22. The zero-order valence-corrected chi connectivity index (χ0v) is 13.3. The van der Waals surface area contributed by atoms with Crippen molar-refractivity contribution in [3.63, 3.8) is 0 Å². The average molecular weight is 300 g/mol. The third-order valence-corrected chi connectivity index (χ3v) is 5.76. The number of aliphatic carboxylic acids is 1. The molecule has 2 saturated heterocycles. The highest BCUT2D eigenvalue weighted by atomic mass is 32.2. The van der Waals surface area contributed by atoms with E-state index in [4.69, 9.17) is 5.11 Å². The van der Waals surface area contributed by atoms with Crippen LogP contribution in [0.5, 0.6) is 0 Å². The van der Waals surface area contributed by atoms with Crippen LogP contribution in [0.2, 0.25) is 0 Å². The van der Waals surface area contributed by atoms with Crippen LogP contribution in [-0.2, 0) is 4.79 Å². The minimum Gasteiger partial charge on any atom is -0.481 e. The van der Waals surface area contributed by atoms with Crippen molar-refractivity contribution in [1.29, 1.82) is 0 Å². The Morgan fingerprint density at radius 3 is 2.50 bits per heavy atom. The molecule has 0 aromatic rings. The molecule has 0 aromatic heterocycles. The van der Waals surface area contributed by atoms with Crippen molar-refractivity contribution >= 4 is 23.8 Å². The molecule has 0 spiro atoms. The molecule has 2 rings (SSSR count). The number of carbonyl (C=O) groups is 2. The average Bonchev–Trinajstić information content (AvgIpc) is 2.47. The van der Waals surface area contributed by atoms with Gasteiger partial charge in [0.25, 0.3) is 0 Å². The highest BCUT2D eigenvalue weighted by Crippen LogP contribution is 2.32. The predicted octanol–water partition coefficient (Wildman–Crippen LogP) is 1.98. The molecule has 2 heterocycles. The minimum absolute atomic E-state index is 0.0807. The van der Waals surface area contributed by atoms with Gasteiger partial charge in [-0.2, -0.15) is 11.8 Å². The first-order valence-corrected chi connectivity index (χ1v) is 8.19. The van der Waals surface area contributed by atoms with Gasteiger partial charge in [-0.3, -0.25) is 4.79 Å². The second-order valence-electron chi connectivity index (χ2n) is 6.42. The standard InChI is InChI=1S/C14H24N2O3S/c1-10(12(17)18)11-8-16(9-11)13(19)15-5-4-14(2,3)20-7-6-15/h10-11H,4-9H2,1-3H3,(H,17,18). The third-order valence-electron chi connectivity index (χ3n) is 4.39. The number of carbonyl (C=O) groups excluding carboxylic acids is 1. The third kappa shape index (κ3) is 3.40. The van der Waals surface area contributed by atoms with Crippen LogP contribution in [0.15, 0.2) is 0 Å². The van der Waals surface area contributed by atoms with E-state index in [1.165, 1.54) is 0 Å². The first-order valence-electron chi connectivity index (χ1n) is 7.21. The van der Waals surface area contributed by atoms with Gasteiger partial charge >= 0.3 is 12.0 Å². The van der Waals surface area contributed by atoms with E-state index in [1.54, 1.807) is 11.8 Å². The molecule has 0 aromatic carbocycles. The summed E-state index contributed by atoms with van der Waals surface area (Å²) in [4.78, 5) is 27.0. The molecular formula is C14H24N2O3S. The number of thioether (sulfide) groups is 1. The van der Waals surface area contributed by atoms with Crippen LogP contribution in [0.25, 0.3) is 0 Å². The monoisotopic (exact) mass is 300 g/mol. The Kier molecular flexibility index (Phi) is 4.52. The van der Waals surface area contributed by atoms with Gasteiger partial charge in [-0.15, -0.1) is 0 Å². The lowest BCUT2D eigenvalue weighted by molar-refractivity contribution is -0.144. The summed E-state index contributed by atoms with van der Waals surface area (Å²) in [6.07, 6.45) is 1.01. The highest BCUT2D eigenvalue weighted by molar-refractivity contribution is 8.00. The van der Waals surface area contributed by atoms with Crippen molar-refractivity contribution in [3.05, 3.63) is 0 Å². The summed E-state index contributed by atoms with van der Waals surface area (Å²) < 4.78 is 0.240. The Labute approximate surface area is 124 Å². The van der Waals surface area contributed by atoms with Crippen LogP contribution in [-0.4, -0.2) is 63.6 Å². The van der Waals surface area contributed by atoms with Crippen molar-refractivity contribution in [2.45, 2.75) is 31.9 Å². The molecule has 1 atom stereocenters. The number of urea groups is 1. The van der Waals surface area contributed by atoms with Gasteiger partial charge in [0.05, 0.1) is 5.92 Å². The number of rotatable bonds is 2. The Morgan fingerprint density at radius 1 is 1.25 bits per heavy atom. The summed E-state index contributed by atoms with van der Waals surface area (Å²) in [5.74, 6) is -0.0522.